The van der Waals surface area contributed by atoms with Crippen molar-refractivity contribution in [1.29, 1.82) is 0 Å². The molecule has 7 nitrogen and oxygen atoms in total. The lowest BCUT2D eigenvalue weighted by molar-refractivity contribution is 0.326. The zero-order valence-corrected chi connectivity index (χ0v) is 20.2. The molecule has 2 rings (SSSR count). The smallest absolute Gasteiger partial charge is 0.262 e. The molecule has 0 aliphatic rings. The Morgan fingerprint density at radius 2 is 1.81 bits per heavy atom. The minimum Gasteiger partial charge on any atom is -0.493 e. The van der Waals surface area contributed by atoms with Gasteiger partial charge in [0.15, 0.2) is 16.7 Å². The van der Waals surface area contributed by atoms with Crippen molar-refractivity contribution in [3.63, 3.8) is 0 Å². The highest BCUT2D eigenvalue weighted by Crippen LogP contribution is 2.42. The maximum atomic E-state index is 13.5. The van der Waals surface area contributed by atoms with Crippen LogP contribution in [0.15, 0.2) is 28.7 Å². The molecule has 0 amide bonds. The van der Waals surface area contributed by atoms with Gasteiger partial charge in [-0.3, -0.25) is 9.36 Å². The quantitative estimate of drug-likeness (QED) is 0.185. The molecular weight excluding hydrogens is 414 g/mol. The first-order valence-corrected chi connectivity index (χ1v) is 11.6. The van der Waals surface area contributed by atoms with Crippen LogP contribution in [0.2, 0.25) is 0 Å². The molecule has 0 aliphatic heterocycles. The van der Waals surface area contributed by atoms with Gasteiger partial charge in [0.1, 0.15) is 5.52 Å². The van der Waals surface area contributed by atoms with E-state index in [1.54, 1.807) is 43.7 Å². The molecule has 31 heavy (non-hydrogen) atoms. The number of fused-ring (bicyclic) bond motifs is 1. The van der Waals surface area contributed by atoms with Crippen LogP contribution >= 0.6 is 11.8 Å². The fourth-order valence-electron chi connectivity index (χ4n) is 3.40. The predicted molar refractivity (Wildman–Crippen MR) is 128 cm³/mol. The summed E-state index contributed by atoms with van der Waals surface area (Å²) in [6.45, 7) is 5.51. The fourth-order valence-corrected chi connectivity index (χ4v) is 4.35. The van der Waals surface area contributed by atoms with Gasteiger partial charge in [0.25, 0.3) is 5.56 Å². The van der Waals surface area contributed by atoms with E-state index in [4.69, 9.17) is 19.2 Å². The number of ether oxygens (including phenoxy) is 3. The average Bonchev–Trinajstić information content (AvgIpc) is 2.76. The minimum absolute atomic E-state index is 0.0846. The summed E-state index contributed by atoms with van der Waals surface area (Å²) < 4.78 is 18.3. The van der Waals surface area contributed by atoms with Crippen LogP contribution in [-0.4, -0.2) is 62.2 Å². The van der Waals surface area contributed by atoms with Crippen molar-refractivity contribution in [2.24, 2.45) is 0 Å². The SMILES string of the molecule is C=CCCSc1nc2c(OC)c(OC)c(OC)cc2c(=O)n1CCCCCCN(C)C. The molecule has 8 heteroatoms. The lowest BCUT2D eigenvalue weighted by Gasteiger charge is -2.17. The molecule has 0 fully saturated rings. The van der Waals surface area contributed by atoms with Gasteiger partial charge in [-0.05, 0) is 46.0 Å². The third-order valence-corrected chi connectivity index (χ3v) is 6.02. The summed E-state index contributed by atoms with van der Waals surface area (Å²) in [5.74, 6) is 2.10. The zero-order chi connectivity index (χ0) is 22.8. The summed E-state index contributed by atoms with van der Waals surface area (Å²) in [6, 6.07) is 1.69. The largest absolute Gasteiger partial charge is 0.493 e. The minimum atomic E-state index is -0.0846. The van der Waals surface area contributed by atoms with Crippen LogP contribution in [0.3, 0.4) is 0 Å². The van der Waals surface area contributed by atoms with Gasteiger partial charge in [-0.15, -0.1) is 6.58 Å². The van der Waals surface area contributed by atoms with Gasteiger partial charge in [0, 0.05) is 12.3 Å². The molecule has 1 aromatic heterocycles. The van der Waals surface area contributed by atoms with E-state index in [0.29, 0.717) is 39.9 Å². The second-order valence-electron chi connectivity index (χ2n) is 7.54. The molecule has 0 atom stereocenters. The Bertz CT molecular complexity index is 927. The summed E-state index contributed by atoms with van der Waals surface area (Å²) in [5, 5.41) is 1.16. The van der Waals surface area contributed by atoms with Crippen LogP contribution in [0.1, 0.15) is 32.1 Å². The summed E-state index contributed by atoms with van der Waals surface area (Å²) in [5.41, 5.74) is 0.409. The summed E-state index contributed by atoms with van der Waals surface area (Å²) in [7, 11) is 8.81. The summed E-state index contributed by atoms with van der Waals surface area (Å²) in [4.78, 5) is 20.5. The molecule has 0 N–H and O–H groups in total. The average molecular weight is 450 g/mol. The van der Waals surface area contributed by atoms with Crippen LogP contribution in [0.5, 0.6) is 17.2 Å². The van der Waals surface area contributed by atoms with Crippen LogP contribution in [0.4, 0.5) is 0 Å². The first kappa shape index (κ1) is 25.1. The number of hydrogen-bond acceptors (Lipinski definition) is 7. The number of benzene rings is 1. The van der Waals surface area contributed by atoms with E-state index in [-0.39, 0.29) is 5.56 Å². The van der Waals surface area contributed by atoms with Gasteiger partial charge in [-0.1, -0.05) is 30.7 Å². The fraction of sp³-hybridized carbons (Fsp3) is 0.565. The maximum Gasteiger partial charge on any atom is 0.262 e. The van der Waals surface area contributed by atoms with Gasteiger partial charge in [-0.25, -0.2) is 4.98 Å². The zero-order valence-electron chi connectivity index (χ0n) is 19.4. The van der Waals surface area contributed by atoms with Crippen molar-refractivity contribution in [3.8, 4) is 17.2 Å². The van der Waals surface area contributed by atoms with Gasteiger partial charge in [-0.2, -0.15) is 0 Å². The third-order valence-electron chi connectivity index (χ3n) is 5.01. The molecule has 0 saturated carbocycles. The highest BCUT2D eigenvalue weighted by atomic mass is 32.2. The van der Waals surface area contributed by atoms with E-state index in [2.05, 4.69) is 25.6 Å². The van der Waals surface area contributed by atoms with Gasteiger partial charge < -0.3 is 19.1 Å². The second kappa shape index (κ2) is 12.6. The third kappa shape index (κ3) is 6.40. The number of hydrogen-bond donors (Lipinski definition) is 0. The van der Waals surface area contributed by atoms with Crippen molar-refractivity contribution in [3.05, 3.63) is 29.1 Å². The topological polar surface area (TPSA) is 65.8 Å². The molecule has 0 spiro atoms. The number of methoxy groups -OCH3 is 3. The number of aromatic nitrogens is 2. The molecule has 1 heterocycles. The van der Waals surface area contributed by atoms with Crippen molar-refractivity contribution >= 4 is 22.7 Å². The van der Waals surface area contributed by atoms with Crippen molar-refractivity contribution in [1.82, 2.24) is 14.5 Å². The van der Waals surface area contributed by atoms with Gasteiger partial charge >= 0.3 is 0 Å². The molecular formula is C23H35N3O4S. The number of nitrogens with zero attached hydrogens (tertiary/aromatic N) is 3. The molecule has 0 radical (unpaired) electrons. The first-order valence-electron chi connectivity index (χ1n) is 10.6. The second-order valence-corrected chi connectivity index (χ2v) is 8.60. The van der Waals surface area contributed by atoms with E-state index < -0.39 is 0 Å². The standard InChI is InChI=1S/C23H35N3O4S/c1-7-8-15-31-23-24-19-17(16-18(28-4)20(29-5)21(19)30-6)22(27)26(23)14-12-10-9-11-13-25(2)3/h7,16H,1,8-15H2,2-6H3. The Kier molecular flexibility index (Phi) is 10.2. The first-order chi connectivity index (χ1) is 15.0. The van der Waals surface area contributed by atoms with E-state index in [1.165, 1.54) is 0 Å². The number of unbranched alkanes of at least 4 members (excludes halogenated alkanes) is 3. The highest BCUT2D eigenvalue weighted by molar-refractivity contribution is 7.99. The molecule has 1 aromatic carbocycles. The monoisotopic (exact) mass is 449 g/mol. The van der Waals surface area contributed by atoms with Crippen LogP contribution < -0.4 is 19.8 Å². The maximum absolute atomic E-state index is 13.5. The predicted octanol–water partition coefficient (Wildman–Crippen LogP) is 4.21. The molecule has 2 aromatic rings. The Morgan fingerprint density at radius 3 is 2.42 bits per heavy atom. The van der Waals surface area contributed by atoms with Gasteiger partial charge in [0.05, 0.1) is 26.7 Å². The lowest BCUT2D eigenvalue weighted by atomic mass is 10.1. The van der Waals surface area contributed by atoms with Crippen LogP contribution in [0.25, 0.3) is 10.9 Å². The van der Waals surface area contributed by atoms with E-state index in [9.17, 15) is 4.79 Å². The van der Waals surface area contributed by atoms with Crippen molar-refractivity contribution in [2.45, 2.75) is 43.8 Å². The Morgan fingerprint density at radius 1 is 1.10 bits per heavy atom. The Labute approximate surface area is 189 Å². The molecule has 0 saturated heterocycles. The highest BCUT2D eigenvalue weighted by Gasteiger charge is 2.21. The number of allylic oxidation sites excluding steroid dienone is 1. The van der Waals surface area contributed by atoms with Crippen molar-refractivity contribution < 1.29 is 14.2 Å². The summed E-state index contributed by atoms with van der Waals surface area (Å²) >= 11 is 1.56. The number of thioether (sulfide) groups is 1. The van der Waals surface area contributed by atoms with Crippen LogP contribution in [-0.2, 0) is 6.54 Å². The van der Waals surface area contributed by atoms with E-state index >= 15 is 0 Å². The summed E-state index contributed by atoms with van der Waals surface area (Å²) in [6.07, 6.45) is 7.02. The Balaban J connectivity index is 2.42. The normalized spacial score (nSPS) is 11.2. The molecule has 0 aliphatic carbocycles. The van der Waals surface area contributed by atoms with Crippen LogP contribution in [0, 0.1) is 0 Å². The lowest BCUT2D eigenvalue weighted by Crippen LogP contribution is -2.24. The Hall–Kier alpha value is -2.19. The molecule has 0 bridgehead atoms. The molecule has 172 valence electrons. The van der Waals surface area contributed by atoms with E-state index in [1.807, 2.05) is 6.08 Å². The molecule has 0 unspecified atom stereocenters. The van der Waals surface area contributed by atoms with Crippen molar-refractivity contribution in [2.75, 3.05) is 47.7 Å². The van der Waals surface area contributed by atoms with Gasteiger partial charge in [0.2, 0.25) is 5.75 Å². The van der Waals surface area contributed by atoms with E-state index in [0.717, 1.165) is 44.4 Å². The number of rotatable bonds is 14.